The lowest BCUT2D eigenvalue weighted by Gasteiger charge is -2.15. The zero-order valence-electron chi connectivity index (χ0n) is 21.1. The highest BCUT2D eigenvalue weighted by atomic mass is 16.6. The molecule has 0 saturated heterocycles. The van der Waals surface area contributed by atoms with E-state index in [1.165, 1.54) is 12.1 Å². The van der Waals surface area contributed by atoms with E-state index in [-0.39, 0.29) is 23.2 Å². The van der Waals surface area contributed by atoms with Crippen LogP contribution in [-0.2, 0) is 6.54 Å². The van der Waals surface area contributed by atoms with Gasteiger partial charge in [0.05, 0.1) is 16.5 Å². The molecular formula is C31H25N3O5. The lowest BCUT2D eigenvalue weighted by molar-refractivity contribution is -0.384. The Morgan fingerprint density at radius 3 is 2.44 bits per heavy atom. The van der Waals surface area contributed by atoms with E-state index < -0.39 is 10.9 Å². The Labute approximate surface area is 224 Å². The molecule has 5 rings (SSSR count). The summed E-state index contributed by atoms with van der Waals surface area (Å²) in [6.45, 7) is 2.40. The van der Waals surface area contributed by atoms with E-state index >= 15 is 0 Å². The second kappa shape index (κ2) is 10.6. The number of carbonyl (C=O) groups excluding carboxylic acids is 1. The SMILES string of the molecule is C[C@H](NC(=O)c1ccc2c(ccn2Cc2ccccc2-c2cccc(C(=O)O)c2)c1)c1ccc([N+](=O)[O-])cc1. The van der Waals surface area contributed by atoms with Gasteiger partial charge in [0.15, 0.2) is 0 Å². The number of aromatic nitrogens is 1. The Bertz CT molecular complexity index is 1710. The lowest BCUT2D eigenvalue weighted by Crippen LogP contribution is -2.26. The van der Waals surface area contributed by atoms with Crippen molar-refractivity contribution in [3.63, 3.8) is 0 Å². The summed E-state index contributed by atoms with van der Waals surface area (Å²) in [5.74, 6) is -1.20. The van der Waals surface area contributed by atoms with E-state index in [1.54, 1.807) is 36.4 Å². The molecule has 8 nitrogen and oxygen atoms in total. The van der Waals surface area contributed by atoms with Gasteiger partial charge < -0.3 is 15.0 Å². The van der Waals surface area contributed by atoms with Crippen LogP contribution in [-0.4, -0.2) is 26.5 Å². The van der Waals surface area contributed by atoms with E-state index in [4.69, 9.17) is 0 Å². The van der Waals surface area contributed by atoms with Crippen LogP contribution in [0.4, 0.5) is 5.69 Å². The zero-order chi connectivity index (χ0) is 27.5. The van der Waals surface area contributed by atoms with Gasteiger partial charge in [0.1, 0.15) is 0 Å². The highest BCUT2D eigenvalue weighted by Crippen LogP contribution is 2.27. The molecule has 1 amide bonds. The van der Waals surface area contributed by atoms with Gasteiger partial charge in [-0.3, -0.25) is 14.9 Å². The summed E-state index contributed by atoms with van der Waals surface area (Å²) < 4.78 is 2.09. The summed E-state index contributed by atoms with van der Waals surface area (Å²) in [6.07, 6.45) is 1.97. The average molecular weight is 520 g/mol. The molecular weight excluding hydrogens is 494 g/mol. The maximum Gasteiger partial charge on any atom is 0.335 e. The van der Waals surface area contributed by atoms with E-state index in [9.17, 15) is 24.8 Å². The van der Waals surface area contributed by atoms with Crippen LogP contribution in [0.1, 0.15) is 44.8 Å². The van der Waals surface area contributed by atoms with Crippen LogP contribution in [0.2, 0.25) is 0 Å². The van der Waals surface area contributed by atoms with Gasteiger partial charge in [-0.25, -0.2) is 4.79 Å². The normalized spacial score (nSPS) is 11.7. The number of carbonyl (C=O) groups is 2. The number of carboxylic acids is 1. The smallest absolute Gasteiger partial charge is 0.335 e. The second-order valence-electron chi connectivity index (χ2n) is 9.30. The third-order valence-corrected chi connectivity index (χ3v) is 6.76. The van der Waals surface area contributed by atoms with Crippen LogP contribution in [0, 0.1) is 10.1 Å². The summed E-state index contributed by atoms with van der Waals surface area (Å²) in [4.78, 5) is 34.8. The lowest BCUT2D eigenvalue weighted by atomic mass is 9.98. The number of nitrogens with zero attached hydrogens (tertiary/aromatic N) is 2. The van der Waals surface area contributed by atoms with Crippen molar-refractivity contribution in [1.82, 2.24) is 9.88 Å². The fourth-order valence-corrected chi connectivity index (χ4v) is 4.67. The molecule has 0 unspecified atom stereocenters. The van der Waals surface area contributed by atoms with Crippen molar-refractivity contribution in [3.05, 3.63) is 136 Å². The van der Waals surface area contributed by atoms with Crippen molar-refractivity contribution in [2.24, 2.45) is 0 Å². The van der Waals surface area contributed by atoms with E-state index in [1.807, 2.05) is 61.7 Å². The minimum atomic E-state index is -0.965. The molecule has 0 saturated carbocycles. The van der Waals surface area contributed by atoms with Crippen molar-refractivity contribution in [3.8, 4) is 11.1 Å². The van der Waals surface area contributed by atoms with Gasteiger partial charge in [0.2, 0.25) is 0 Å². The number of nitrogens with one attached hydrogen (secondary N) is 1. The van der Waals surface area contributed by atoms with Gasteiger partial charge in [-0.15, -0.1) is 0 Å². The first-order chi connectivity index (χ1) is 18.8. The molecule has 1 heterocycles. The minimum absolute atomic E-state index is 0.00337. The molecule has 0 spiro atoms. The predicted molar refractivity (Wildman–Crippen MR) is 149 cm³/mol. The quantitative estimate of drug-likeness (QED) is 0.181. The van der Waals surface area contributed by atoms with E-state index in [2.05, 4.69) is 9.88 Å². The number of aromatic carboxylic acids is 1. The Kier molecular flexibility index (Phi) is 6.93. The van der Waals surface area contributed by atoms with Gasteiger partial charge in [-0.1, -0.05) is 48.5 Å². The summed E-state index contributed by atoms with van der Waals surface area (Å²) in [6, 6.07) is 28.1. The number of non-ortho nitro benzene ring substituents is 1. The molecule has 8 heteroatoms. The monoisotopic (exact) mass is 519 g/mol. The number of amides is 1. The Morgan fingerprint density at radius 1 is 0.923 bits per heavy atom. The highest BCUT2D eigenvalue weighted by Gasteiger charge is 2.15. The van der Waals surface area contributed by atoms with Crippen molar-refractivity contribution in [2.75, 3.05) is 0 Å². The molecule has 0 radical (unpaired) electrons. The minimum Gasteiger partial charge on any atom is -0.478 e. The molecule has 5 aromatic rings. The van der Waals surface area contributed by atoms with Crippen molar-refractivity contribution in [1.29, 1.82) is 0 Å². The first-order valence-corrected chi connectivity index (χ1v) is 12.4. The first-order valence-electron chi connectivity index (χ1n) is 12.4. The van der Waals surface area contributed by atoms with Crippen molar-refractivity contribution >= 4 is 28.5 Å². The van der Waals surface area contributed by atoms with Gasteiger partial charge >= 0.3 is 5.97 Å². The van der Waals surface area contributed by atoms with Crippen molar-refractivity contribution in [2.45, 2.75) is 19.5 Å². The molecule has 0 aliphatic carbocycles. The van der Waals surface area contributed by atoms with Crippen LogP contribution < -0.4 is 5.32 Å². The summed E-state index contributed by atoms with van der Waals surface area (Å²) in [7, 11) is 0. The Hall–Kier alpha value is -5.24. The second-order valence-corrected chi connectivity index (χ2v) is 9.30. The molecule has 1 aromatic heterocycles. The Balaban J connectivity index is 1.35. The topological polar surface area (TPSA) is 114 Å². The summed E-state index contributed by atoms with van der Waals surface area (Å²) >= 11 is 0. The van der Waals surface area contributed by atoms with Gasteiger partial charge in [0, 0.05) is 41.3 Å². The average Bonchev–Trinajstić information content (AvgIpc) is 3.35. The molecule has 4 aromatic carbocycles. The van der Waals surface area contributed by atoms with Crippen LogP contribution in [0.5, 0.6) is 0 Å². The molecule has 0 aliphatic heterocycles. The maximum absolute atomic E-state index is 13.0. The van der Waals surface area contributed by atoms with E-state index in [0.717, 1.165) is 33.2 Å². The van der Waals surface area contributed by atoms with Gasteiger partial charge in [-0.05, 0) is 65.6 Å². The fourth-order valence-electron chi connectivity index (χ4n) is 4.67. The van der Waals surface area contributed by atoms with Gasteiger partial charge in [-0.2, -0.15) is 0 Å². The Morgan fingerprint density at radius 2 is 1.69 bits per heavy atom. The molecule has 194 valence electrons. The van der Waals surface area contributed by atoms with Crippen LogP contribution in [0.15, 0.2) is 103 Å². The summed E-state index contributed by atoms with van der Waals surface area (Å²) in [5.41, 5.74) is 5.32. The molecule has 0 bridgehead atoms. The van der Waals surface area contributed by atoms with Crippen LogP contribution in [0.3, 0.4) is 0 Å². The molecule has 0 aliphatic rings. The van der Waals surface area contributed by atoms with Gasteiger partial charge in [0.25, 0.3) is 11.6 Å². The number of carboxylic acid groups (broad SMARTS) is 1. The van der Waals surface area contributed by atoms with E-state index in [0.29, 0.717) is 12.1 Å². The number of nitro benzene ring substituents is 1. The number of hydrogen-bond acceptors (Lipinski definition) is 4. The number of rotatable bonds is 8. The number of hydrogen-bond donors (Lipinski definition) is 2. The first kappa shape index (κ1) is 25.4. The number of fused-ring (bicyclic) bond motifs is 1. The van der Waals surface area contributed by atoms with Crippen molar-refractivity contribution < 1.29 is 19.6 Å². The fraction of sp³-hybridized carbons (Fsp3) is 0.0968. The maximum atomic E-state index is 13.0. The standard InChI is InChI=1S/C31H25N3O5/c1-20(21-9-12-27(13-10-21)34(38)39)32-30(35)24-11-14-29-23(18-24)15-16-33(29)19-26-5-2-3-8-28(26)22-6-4-7-25(17-22)31(36)37/h2-18,20H,19H2,1H3,(H,32,35)(H,36,37)/t20-/m0/s1. The summed E-state index contributed by atoms with van der Waals surface area (Å²) in [5, 5.41) is 24.1. The third kappa shape index (κ3) is 5.40. The predicted octanol–water partition coefficient (Wildman–Crippen LogP) is 6.45. The largest absolute Gasteiger partial charge is 0.478 e. The zero-order valence-corrected chi connectivity index (χ0v) is 21.1. The number of nitro groups is 1. The highest BCUT2D eigenvalue weighted by molar-refractivity contribution is 5.98. The van der Waals surface area contributed by atoms with Crippen LogP contribution in [0.25, 0.3) is 22.0 Å². The number of benzene rings is 4. The molecule has 1 atom stereocenters. The molecule has 0 fully saturated rings. The molecule has 2 N–H and O–H groups in total. The van der Waals surface area contributed by atoms with Crippen LogP contribution >= 0.6 is 0 Å². The third-order valence-electron chi connectivity index (χ3n) is 6.76. The molecule has 39 heavy (non-hydrogen) atoms.